The quantitative estimate of drug-likeness (QED) is 0.880. The summed E-state index contributed by atoms with van der Waals surface area (Å²) >= 11 is 5.26. The lowest BCUT2D eigenvalue weighted by Crippen LogP contribution is -2.13. The lowest BCUT2D eigenvalue weighted by molar-refractivity contribution is 0.412. The SMILES string of the molecule is CCc1ccsc1C(N)Cc1ccc(OC)c(Br)c1. The molecule has 0 aliphatic heterocycles. The van der Waals surface area contributed by atoms with Crippen molar-refractivity contribution in [2.24, 2.45) is 5.73 Å². The highest BCUT2D eigenvalue weighted by atomic mass is 79.9. The van der Waals surface area contributed by atoms with Crippen LogP contribution >= 0.6 is 27.3 Å². The van der Waals surface area contributed by atoms with Crippen molar-refractivity contribution in [1.82, 2.24) is 0 Å². The topological polar surface area (TPSA) is 35.2 Å². The van der Waals surface area contributed by atoms with Gasteiger partial charge in [0.2, 0.25) is 0 Å². The van der Waals surface area contributed by atoms with Crippen LogP contribution in [0.25, 0.3) is 0 Å². The molecule has 1 aromatic carbocycles. The van der Waals surface area contributed by atoms with Gasteiger partial charge >= 0.3 is 0 Å². The summed E-state index contributed by atoms with van der Waals surface area (Å²) in [6.07, 6.45) is 1.88. The number of thiophene rings is 1. The zero-order valence-corrected chi connectivity index (χ0v) is 13.6. The van der Waals surface area contributed by atoms with Crippen LogP contribution < -0.4 is 10.5 Å². The normalized spacial score (nSPS) is 12.4. The first-order valence-electron chi connectivity index (χ1n) is 6.30. The van der Waals surface area contributed by atoms with Gasteiger partial charge in [-0.05, 0) is 63.5 Å². The fraction of sp³-hybridized carbons (Fsp3) is 0.333. The van der Waals surface area contributed by atoms with Crippen molar-refractivity contribution in [1.29, 1.82) is 0 Å². The van der Waals surface area contributed by atoms with E-state index in [9.17, 15) is 0 Å². The van der Waals surface area contributed by atoms with Crippen molar-refractivity contribution in [3.8, 4) is 5.75 Å². The molecule has 0 aliphatic carbocycles. The number of aryl methyl sites for hydroxylation is 1. The molecule has 0 saturated heterocycles. The molecule has 0 radical (unpaired) electrons. The highest BCUT2D eigenvalue weighted by Gasteiger charge is 2.13. The Morgan fingerprint density at radius 2 is 2.16 bits per heavy atom. The van der Waals surface area contributed by atoms with Crippen molar-refractivity contribution in [3.05, 3.63) is 50.1 Å². The highest BCUT2D eigenvalue weighted by molar-refractivity contribution is 9.10. The van der Waals surface area contributed by atoms with Crippen LogP contribution in [0.3, 0.4) is 0 Å². The summed E-state index contributed by atoms with van der Waals surface area (Å²) in [4.78, 5) is 1.30. The molecular formula is C15H18BrNOS. The molecule has 0 saturated carbocycles. The third-order valence-electron chi connectivity index (χ3n) is 3.17. The van der Waals surface area contributed by atoms with E-state index in [1.54, 1.807) is 18.4 Å². The Morgan fingerprint density at radius 3 is 2.79 bits per heavy atom. The van der Waals surface area contributed by atoms with Gasteiger partial charge in [-0.15, -0.1) is 11.3 Å². The van der Waals surface area contributed by atoms with Gasteiger partial charge in [-0.25, -0.2) is 0 Å². The summed E-state index contributed by atoms with van der Waals surface area (Å²) < 4.78 is 6.21. The van der Waals surface area contributed by atoms with E-state index in [0.29, 0.717) is 0 Å². The molecule has 1 heterocycles. The van der Waals surface area contributed by atoms with E-state index in [0.717, 1.165) is 23.1 Å². The first-order valence-corrected chi connectivity index (χ1v) is 7.97. The summed E-state index contributed by atoms with van der Waals surface area (Å²) in [5.74, 6) is 0.850. The van der Waals surface area contributed by atoms with Gasteiger partial charge in [0.1, 0.15) is 5.75 Å². The Balaban J connectivity index is 2.15. The molecule has 0 fully saturated rings. The lowest BCUT2D eigenvalue weighted by atomic mass is 10.0. The van der Waals surface area contributed by atoms with Gasteiger partial charge in [0.05, 0.1) is 11.6 Å². The van der Waals surface area contributed by atoms with Crippen LogP contribution in [0.15, 0.2) is 34.1 Å². The Morgan fingerprint density at radius 1 is 1.37 bits per heavy atom. The van der Waals surface area contributed by atoms with Gasteiger partial charge < -0.3 is 10.5 Å². The molecule has 4 heteroatoms. The van der Waals surface area contributed by atoms with Crippen LogP contribution in [0, 0.1) is 0 Å². The summed E-state index contributed by atoms with van der Waals surface area (Å²) in [6, 6.07) is 8.36. The maximum absolute atomic E-state index is 6.33. The summed E-state index contributed by atoms with van der Waals surface area (Å²) in [6.45, 7) is 2.17. The van der Waals surface area contributed by atoms with E-state index >= 15 is 0 Å². The molecule has 2 rings (SSSR count). The average molecular weight is 340 g/mol. The molecule has 0 amide bonds. The van der Waals surface area contributed by atoms with Crippen molar-refractivity contribution >= 4 is 27.3 Å². The largest absolute Gasteiger partial charge is 0.496 e. The summed E-state index contributed by atoms with van der Waals surface area (Å²) in [5.41, 5.74) is 8.92. The Kier molecular flexibility index (Phi) is 5.02. The highest BCUT2D eigenvalue weighted by Crippen LogP contribution is 2.29. The monoisotopic (exact) mass is 339 g/mol. The zero-order chi connectivity index (χ0) is 13.8. The number of hydrogen-bond acceptors (Lipinski definition) is 3. The molecule has 1 atom stereocenters. The molecule has 0 aliphatic rings. The molecule has 0 spiro atoms. The fourth-order valence-corrected chi connectivity index (χ4v) is 3.74. The molecule has 2 N–H and O–H groups in total. The van der Waals surface area contributed by atoms with Crippen molar-refractivity contribution in [3.63, 3.8) is 0 Å². The summed E-state index contributed by atoms with van der Waals surface area (Å²) in [5, 5.41) is 2.12. The predicted molar refractivity (Wildman–Crippen MR) is 85.0 cm³/mol. The van der Waals surface area contributed by atoms with E-state index in [2.05, 4.69) is 46.4 Å². The third kappa shape index (κ3) is 3.38. The van der Waals surface area contributed by atoms with Crippen LogP contribution in [0.1, 0.15) is 29.0 Å². The second-order valence-electron chi connectivity index (χ2n) is 4.44. The number of hydrogen-bond donors (Lipinski definition) is 1. The number of nitrogens with two attached hydrogens (primary N) is 1. The van der Waals surface area contributed by atoms with Gasteiger partial charge in [-0.2, -0.15) is 0 Å². The van der Waals surface area contributed by atoms with Gasteiger partial charge in [0.25, 0.3) is 0 Å². The van der Waals surface area contributed by atoms with E-state index in [4.69, 9.17) is 10.5 Å². The van der Waals surface area contributed by atoms with E-state index in [1.165, 1.54) is 16.0 Å². The van der Waals surface area contributed by atoms with Gasteiger partial charge in [-0.1, -0.05) is 13.0 Å². The van der Waals surface area contributed by atoms with Crippen LogP contribution in [0.2, 0.25) is 0 Å². The molecule has 0 bridgehead atoms. The van der Waals surface area contributed by atoms with Crippen molar-refractivity contribution in [2.75, 3.05) is 7.11 Å². The number of rotatable bonds is 5. The Hall–Kier alpha value is -0.840. The summed E-state index contributed by atoms with van der Waals surface area (Å²) in [7, 11) is 1.67. The number of benzene rings is 1. The van der Waals surface area contributed by atoms with Gasteiger partial charge in [0, 0.05) is 10.9 Å². The van der Waals surface area contributed by atoms with E-state index in [1.807, 2.05) is 6.07 Å². The second-order valence-corrected chi connectivity index (χ2v) is 6.25. The number of methoxy groups -OCH3 is 1. The molecule has 19 heavy (non-hydrogen) atoms. The van der Waals surface area contributed by atoms with Gasteiger partial charge in [-0.3, -0.25) is 0 Å². The third-order valence-corrected chi connectivity index (χ3v) is 4.88. The molecule has 1 unspecified atom stereocenters. The smallest absolute Gasteiger partial charge is 0.133 e. The van der Waals surface area contributed by atoms with Gasteiger partial charge in [0.15, 0.2) is 0 Å². The van der Waals surface area contributed by atoms with Crippen LogP contribution in [0.5, 0.6) is 5.75 Å². The van der Waals surface area contributed by atoms with E-state index < -0.39 is 0 Å². The molecule has 2 nitrogen and oxygen atoms in total. The standard InChI is InChI=1S/C15H18BrNOS/c1-3-11-6-7-19-15(11)13(17)9-10-4-5-14(18-2)12(16)8-10/h4-8,13H,3,9,17H2,1-2H3. The molecule has 2 aromatic rings. The zero-order valence-electron chi connectivity index (χ0n) is 11.2. The first kappa shape index (κ1) is 14.6. The average Bonchev–Trinajstić information content (AvgIpc) is 2.87. The number of halogens is 1. The molecule has 102 valence electrons. The molecule has 1 aromatic heterocycles. The maximum Gasteiger partial charge on any atom is 0.133 e. The van der Waals surface area contributed by atoms with Crippen LogP contribution in [-0.2, 0) is 12.8 Å². The van der Waals surface area contributed by atoms with Crippen molar-refractivity contribution in [2.45, 2.75) is 25.8 Å². The minimum absolute atomic E-state index is 0.0650. The maximum atomic E-state index is 6.33. The van der Waals surface area contributed by atoms with Crippen LogP contribution in [-0.4, -0.2) is 7.11 Å². The molecular weight excluding hydrogens is 322 g/mol. The van der Waals surface area contributed by atoms with E-state index in [-0.39, 0.29) is 6.04 Å². The lowest BCUT2D eigenvalue weighted by Gasteiger charge is -2.13. The predicted octanol–water partition coefficient (Wildman–Crippen LogP) is 4.32. The minimum Gasteiger partial charge on any atom is -0.496 e. The second kappa shape index (κ2) is 6.55. The fourth-order valence-electron chi connectivity index (χ4n) is 2.15. The number of ether oxygens (including phenoxy) is 1. The Bertz CT molecular complexity index is 553. The minimum atomic E-state index is 0.0650. The Labute approximate surface area is 126 Å². The van der Waals surface area contributed by atoms with Crippen LogP contribution in [0.4, 0.5) is 0 Å². The van der Waals surface area contributed by atoms with Crippen molar-refractivity contribution < 1.29 is 4.74 Å². The first-order chi connectivity index (χ1) is 9.15.